The fraction of sp³-hybridized carbons (Fsp3) is 0.133. The van der Waals surface area contributed by atoms with Crippen LogP contribution in [-0.4, -0.2) is 33.4 Å². The van der Waals surface area contributed by atoms with E-state index >= 15 is 0 Å². The van der Waals surface area contributed by atoms with Gasteiger partial charge in [-0.3, -0.25) is 9.69 Å². The summed E-state index contributed by atoms with van der Waals surface area (Å²) in [6, 6.07) is 12.3. The lowest BCUT2D eigenvalue weighted by Crippen LogP contribution is -2.35. The number of rotatable bonds is 6. The highest BCUT2D eigenvalue weighted by Gasteiger charge is 2.21. The van der Waals surface area contributed by atoms with E-state index in [0.29, 0.717) is 5.69 Å². The molecule has 0 atom stereocenters. The van der Waals surface area contributed by atoms with Crippen LogP contribution in [0.4, 0.5) is 5.69 Å². The van der Waals surface area contributed by atoms with Gasteiger partial charge in [-0.15, -0.1) is 0 Å². The summed E-state index contributed by atoms with van der Waals surface area (Å²) in [6.07, 6.45) is 0. The van der Waals surface area contributed by atoms with E-state index in [2.05, 4.69) is 0 Å². The molecule has 130 valence electrons. The van der Waals surface area contributed by atoms with Crippen molar-refractivity contribution >= 4 is 27.6 Å². The SMILES string of the molecule is N#CCN(C(=O)COC(=O)c1ccc(S(N)(=O)=O)o1)c1ccccc1. The maximum atomic E-state index is 12.2. The fourth-order valence-corrected chi connectivity index (χ4v) is 2.32. The van der Waals surface area contributed by atoms with E-state index in [1.807, 2.05) is 6.07 Å². The zero-order valence-corrected chi connectivity index (χ0v) is 13.6. The molecular weight excluding hydrogens is 350 g/mol. The molecule has 2 N–H and O–H groups in total. The summed E-state index contributed by atoms with van der Waals surface area (Å²) < 4.78 is 31.8. The van der Waals surface area contributed by atoms with Gasteiger partial charge in [-0.05, 0) is 24.3 Å². The van der Waals surface area contributed by atoms with Crippen LogP contribution in [0.5, 0.6) is 0 Å². The van der Waals surface area contributed by atoms with Gasteiger partial charge in [0.15, 0.2) is 6.61 Å². The number of hydrogen-bond donors (Lipinski definition) is 1. The Labute approximate surface area is 143 Å². The molecule has 0 saturated heterocycles. The van der Waals surface area contributed by atoms with E-state index in [9.17, 15) is 18.0 Å². The zero-order valence-electron chi connectivity index (χ0n) is 12.8. The number of hydrogen-bond acceptors (Lipinski definition) is 7. The first-order valence-corrected chi connectivity index (χ1v) is 8.39. The molecule has 2 aromatic rings. The van der Waals surface area contributed by atoms with Crippen molar-refractivity contribution in [3.8, 4) is 6.07 Å². The summed E-state index contributed by atoms with van der Waals surface area (Å²) in [7, 11) is -4.09. The molecule has 0 spiro atoms. The second-order valence-corrected chi connectivity index (χ2v) is 6.21. The summed E-state index contributed by atoms with van der Waals surface area (Å²) in [4.78, 5) is 25.1. The molecular formula is C15H13N3O6S. The molecule has 1 heterocycles. The number of amides is 1. The largest absolute Gasteiger partial charge is 0.450 e. The number of para-hydroxylation sites is 1. The summed E-state index contributed by atoms with van der Waals surface area (Å²) in [6.45, 7) is -0.877. The molecule has 25 heavy (non-hydrogen) atoms. The molecule has 10 heteroatoms. The molecule has 1 aromatic carbocycles. The molecule has 0 unspecified atom stereocenters. The van der Waals surface area contributed by atoms with E-state index in [0.717, 1.165) is 17.0 Å². The second kappa shape index (κ2) is 7.61. The molecule has 1 amide bonds. The maximum absolute atomic E-state index is 12.2. The standard InChI is InChI=1S/C15H13N3O6S/c16-8-9-18(11-4-2-1-3-5-11)13(19)10-23-15(20)12-6-7-14(24-12)25(17,21)22/h1-7H,9-10H2,(H2,17,21,22). The van der Waals surface area contributed by atoms with Crippen molar-refractivity contribution in [2.45, 2.75) is 5.09 Å². The number of nitrogens with zero attached hydrogens (tertiary/aromatic N) is 2. The van der Waals surface area contributed by atoms with Crippen LogP contribution in [0.3, 0.4) is 0 Å². The molecule has 0 bridgehead atoms. The van der Waals surface area contributed by atoms with Crippen molar-refractivity contribution in [2.75, 3.05) is 18.1 Å². The molecule has 0 aliphatic heterocycles. The Morgan fingerprint density at radius 2 is 1.88 bits per heavy atom. The molecule has 0 saturated carbocycles. The van der Waals surface area contributed by atoms with E-state index in [1.54, 1.807) is 30.3 Å². The van der Waals surface area contributed by atoms with Gasteiger partial charge in [0.25, 0.3) is 15.9 Å². The number of nitrogens with two attached hydrogens (primary N) is 1. The van der Waals surface area contributed by atoms with E-state index in [1.165, 1.54) is 0 Å². The Morgan fingerprint density at radius 3 is 2.44 bits per heavy atom. The van der Waals surface area contributed by atoms with E-state index < -0.39 is 39.4 Å². The van der Waals surface area contributed by atoms with Gasteiger partial charge in [-0.2, -0.15) is 5.26 Å². The maximum Gasteiger partial charge on any atom is 0.374 e. The number of ether oxygens (including phenoxy) is 1. The van der Waals surface area contributed by atoms with Gasteiger partial charge < -0.3 is 9.15 Å². The highest BCUT2D eigenvalue weighted by atomic mass is 32.2. The highest BCUT2D eigenvalue weighted by Crippen LogP contribution is 2.15. The Hall–Kier alpha value is -3.16. The monoisotopic (exact) mass is 363 g/mol. The van der Waals surface area contributed by atoms with Gasteiger partial charge >= 0.3 is 5.97 Å². The smallest absolute Gasteiger partial charge is 0.374 e. The van der Waals surface area contributed by atoms with Crippen LogP contribution in [-0.2, 0) is 19.6 Å². The molecule has 0 aliphatic carbocycles. The molecule has 0 aliphatic rings. The Bertz CT molecular complexity index is 914. The van der Waals surface area contributed by atoms with Gasteiger partial charge in [0.2, 0.25) is 10.9 Å². The molecule has 0 radical (unpaired) electrons. The molecule has 9 nitrogen and oxygen atoms in total. The van der Waals surface area contributed by atoms with Gasteiger partial charge in [-0.1, -0.05) is 18.2 Å². The number of carbonyl (C=O) groups is 2. The third-order valence-corrected chi connectivity index (χ3v) is 3.77. The minimum atomic E-state index is -4.09. The predicted molar refractivity (Wildman–Crippen MR) is 84.8 cm³/mol. The van der Waals surface area contributed by atoms with Crippen molar-refractivity contribution in [3.05, 3.63) is 48.2 Å². The third-order valence-electron chi connectivity index (χ3n) is 2.99. The van der Waals surface area contributed by atoms with Crippen molar-refractivity contribution in [1.29, 1.82) is 5.26 Å². The summed E-state index contributed by atoms with van der Waals surface area (Å²) in [5.41, 5.74) is 0.472. The Kier molecular flexibility index (Phi) is 5.53. The number of sulfonamides is 1. The van der Waals surface area contributed by atoms with Crippen molar-refractivity contribution in [1.82, 2.24) is 0 Å². The number of primary sulfonamides is 1. The normalized spacial score (nSPS) is 10.7. The van der Waals surface area contributed by atoms with Gasteiger partial charge in [0.1, 0.15) is 6.54 Å². The predicted octanol–water partition coefficient (Wildman–Crippen LogP) is 0.641. The van der Waals surface area contributed by atoms with Crippen molar-refractivity contribution in [3.63, 3.8) is 0 Å². The molecule has 2 rings (SSSR count). The lowest BCUT2D eigenvalue weighted by Gasteiger charge is -2.19. The first kappa shape index (κ1) is 18.2. The zero-order chi connectivity index (χ0) is 18.4. The minimum Gasteiger partial charge on any atom is -0.450 e. The van der Waals surface area contributed by atoms with Crippen LogP contribution in [0.1, 0.15) is 10.6 Å². The number of anilines is 1. The molecule has 1 aromatic heterocycles. The van der Waals surface area contributed by atoms with Crippen LogP contribution in [0.2, 0.25) is 0 Å². The topological polar surface area (TPSA) is 144 Å². The van der Waals surface area contributed by atoms with Gasteiger partial charge in [-0.25, -0.2) is 18.4 Å². The van der Waals surface area contributed by atoms with Crippen LogP contribution in [0.25, 0.3) is 0 Å². The first-order chi connectivity index (χ1) is 11.8. The summed E-state index contributed by atoms with van der Waals surface area (Å²) in [5, 5.41) is 13.1. The summed E-state index contributed by atoms with van der Waals surface area (Å²) in [5.74, 6) is -2.07. The minimum absolute atomic E-state index is 0.225. The highest BCUT2D eigenvalue weighted by molar-refractivity contribution is 7.89. The van der Waals surface area contributed by atoms with Crippen molar-refractivity contribution in [2.24, 2.45) is 5.14 Å². The number of furan rings is 1. The lowest BCUT2D eigenvalue weighted by molar-refractivity contribution is -0.121. The van der Waals surface area contributed by atoms with Crippen LogP contribution in [0.15, 0.2) is 52.0 Å². The van der Waals surface area contributed by atoms with E-state index in [4.69, 9.17) is 19.6 Å². The van der Waals surface area contributed by atoms with Crippen LogP contribution in [0, 0.1) is 11.3 Å². The number of nitriles is 1. The van der Waals surface area contributed by atoms with Crippen molar-refractivity contribution < 1.29 is 27.2 Å². The van der Waals surface area contributed by atoms with Gasteiger partial charge in [0.05, 0.1) is 6.07 Å². The Morgan fingerprint density at radius 1 is 1.20 bits per heavy atom. The third kappa shape index (κ3) is 4.66. The molecule has 0 fully saturated rings. The number of carbonyl (C=O) groups excluding carboxylic acids is 2. The quantitative estimate of drug-likeness (QED) is 0.586. The summed E-state index contributed by atoms with van der Waals surface area (Å²) >= 11 is 0. The van der Waals surface area contributed by atoms with Gasteiger partial charge in [0, 0.05) is 5.69 Å². The fourth-order valence-electron chi connectivity index (χ4n) is 1.86. The van der Waals surface area contributed by atoms with E-state index in [-0.39, 0.29) is 6.54 Å². The number of esters is 1. The second-order valence-electron chi connectivity index (χ2n) is 4.71. The average Bonchev–Trinajstić information content (AvgIpc) is 3.08. The van der Waals surface area contributed by atoms with Crippen LogP contribution < -0.4 is 10.0 Å². The Balaban J connectivity index is 2.04. The van der Waals surface area contributed by atoms with Crippen LogP contribution >= 0.6 is 0 Å². The average molecular weight is 363 g/mol. The number of benzene rings is 1. The first-order valence-electron chi connectivity index (χ1n) is 6.85. The lowest BCUT2D eigenvalue weighted by atomic mass is 10.3.